The van der Waals surface area contributed by atoms with Crippen LogP contribution in [0.4, 0.5) is 10.2 Å². The zero-order valence-electron chi connectivity index (χ0n) is 9.90. The van der Waals surface area contributed by atoms with Gasteiger partial charge in [-0.3, -0.25) is 0 Å². The van der Waals surface area contributed by atoms with E-state index < -0.39 is 0 Å². The van der Waals surface area contributed by atoms with Crippen molar-refractivity contribution >= 4 is 17.6 Å². The van der Waals surface area contributed by atoms with Gasteiger partial charge >= 0.3 is 0 Å². The number of nitrogens with two attached hydrogens (primary N) is 1. The normalized spacial score (nSPS) is 13.7. The molecule has 0 atom stereocenters. The van der Waals surface area contributed by atoms with Crippen LogP contribution in [0.2, 0.25) is 0 Å². The van der Waals surface area contributed by atoms with Gasteiger partial charge in [-0.05, 0) is 24.6 Å². The van der Waals surface area contributed by atoms with Crippen LogP contribution in [0.3, 0.4) is 0 Å². The molecule has 1 aromatic heterocycles. The van der Waals surface area contributed by atoms with Crippen molar-refractivity contribution in [2.24, 2.45) is 0 Å². The molecule has 5 heteroatoms. The SMILES string of the molecule is Cc1ccc(F)cc1-c1nc(N)c2c(n1)CSC2. The maximum absolute atomic E-state index is 13.3. The standard InChI is InChI=1S/C13H12FN3S/c1-7-2-3-8(14)4-9(7)13-16-11-6-18-5-10(11)12(15)17-13/h2-4H,5-6H2,1H3,(H2,15,16,17). The fourth-order valence-corrected chi connectivity index (χ4v) is 3.08. The van der Waals surface area contributed by atoms with Crippen LogP contribution < -0.4 is 5.73 Å². The molecule has 1 aliphatic heterocycles. The van der Waals surface area contributed by atoms with Gasteiger partial charge in [0.15, 0.2) is 5.82 Å². The van der Waals surface area contributed by atoms with Gasteiger partial charge in [-0.15, -0.1) is 0 Å². The molecule has 0 spiro atoms. The summed E-state index contributed by atoms with van der Waals surface area (Å²) in [6.07, 6.45) is 0. The van der Waals surface area contributed by atoms with Gasteiger partial charge in [0.1, 0.15) is 11.6 Å². The van der Waals surface area contributed by atoms with Crippen molar-refractivity contribution in [1.29, 1.82) is 0 Å². The Labute approximate surface area is 109 Å². The first-order valence-electron chi connectivity index (χ1n) is 5.64. The van der Waals surface area contributed by atoms with Gasteiger partial charge in [-0.2, -0.15) is 11.8 Å². The molecule has 0 radical (unpaired) electrons. The lowest BCUT2D eigenvalue weighted by Gasteiger charge is -2.08. The maximum Gasteiger partial charge on any atom is 0.162 e. The molecule has 0 saturated heterocycles. The van der Waals surface area contributed by atoms with Crippen LogP contribution in [0.5, 0.6) is 0 Å². The van der Waals surface area contributed by atoms with Crippen LogP contribution in [0.15, 0.2) is 18.2 Å². The summed E-state index contributed by atoms with van der Waals surface area (Å²) in [6.45, 7) is 1.91. The second-order valence-corrected chi connectivity index (χ2v) is 5.30. The highest BCUT2D eigenvalue weighted by Gasteiger charge is 2.19. The van der Waals surface area contributed by atoms with E-state index in [0.29, 0.717) is 17.2 Å². The summed E-state index contributed by atoms with van der Waals surface area (Å²) in [5.74, 6) is 2.47. The molecule has 0 bridgehead atoms. The summed E-state index contributed by atoms with van der Waals surface area (Å²) >= 11 is 1.77. The molecule has 1 aromatic carbocycles. The Hall–Kier alpha value is -1.62. The highest BCUT2D eigenvalue weighted by Crippen LogP contribution is 2.33. The van der Waals surface area contributed by atoms with E-state index in [1.54, 1.807) is 17.8 Å². The Morgan fingerprint density at radius 1 is 1.28 bits per heavy atom. The Morgan fingerprint density at radius 2 is 2.11 bits per heavy atom. The van der Waals surface area contributed by atoms with Crippen LogP contribution in [-0.2, 0) is 11.5 Å². The number of aromatic nitrogens is 2. The topological polar surface area (TPSA) is 51.8 Å². The fraction of sp³-hybridized carbons (Fsp3) is 0.231. The second kappa shape index (κ2) is 4.24. The van der Waals surface area contributed by atoms with Gasteiger partial charge in [0.2, 0.25) is 0 Å². The van der Waals surface area contributed by atoms with E-state index >= 15 is 0 Å². The third-order valence-electron chi connectivity index (χ3n) is 3.05. The molecule has 0 aliphatic carbocycles. The quantitative estimate of drug-likeness (QED) is 0.857. The maximum atomic E-state index is 13.3. The van der Waals surface area contributed by atoms with Gasteiger partial charge in [0, 0.05) is 22.6 Å². The number of aryl methyl sites for hydroxylation is 1. The molecule has 0 fully saturated rings. The van der Waals surface area contributed by atoms with Crippen LogP contribution in [-0.4, -0.2) is 9.97 Å². The van der Waals surface area contributed by atoms with Crippen molar-refractivity contribution in [1.82, 2.24) is 9.97 Å². The zero-order valence-corrected chi connectivity index (χ0v) is 10.7. The highest BCUT2D eigenvalue weighted by molar-refractivity contribution is 7.98. The van der Waals surface area contributed by atoms with Crippen LogP contribution in [0, 0.1) is 12.7 Å². The number of hydrogen-bond acceptors (Lipinski definition) is 4. The first-order chi connectivity index (χ1) is 8.65. The Kier molecular flexibility index (Phi) is 2.70. The van der Waals surface area contributed by atoms with Crippen molar-refractivity contribution in [2.45, 2.75) is 18.4 Å². The molecule has 3 nitrogen and oxygen atoms in total. The minimum absolute atomic E-state index is 0.285. The predicted molar refractivity (Wildman–Crippen MR) is 71.6 cm³/mol. The molecule has 92 valence electrons. The minimum Gasteiger partial charge on any atom is -0.383 e. The lowest BCUT2D eigenvalue weighted by molar-refractivity contribution is 0.627. The molecule has 3 rings (SSSR count). The number of rotatable bonds is 1. The van der Waals surface area contributed by atoms with Gasteiger partial charge in [-0.25, -0.2) is 14.4 Å². The average Bonchev–Trinajstić information content (AvgIpc) is 2.81. The van der Waals surface area contributed by atoms with Gasteiger partial charge < -0.3 is 5.73 Å². The number of nitrogen functional groups attached to an aromatic ring is 1. The van der Waals surface area contributed by atoms with E-state index in [4.69, 9.17) is 5.73 Å². The Bertz CT molecular complexity index is 628. The van der Waals surface area contributed by atoms with E-state index in [2.05, 4.69) is 9.97 Å². The summed E-state index contributed by atoms with van der Waals surface area (Å²) in [4.78, 5) is 8.81. The fourth-order valence-electron chi connectivity index (χ4n) is 2.03. The summed E-state index contributed by atoms with van der Waals surface area (Å²) < 4.78 is 13.3. The smallest absolute Gasteiger partial charge is 0.162 e. The molecule has 0 saturated carbocycles. The number of hydrogen-bond donors (Lipinski definition) is 1. The highest BCUT2D eigenvalue weighted by atomic mass is 32.2. The number of thioether (sulfide) groups is 1. The first kappa shape index (κ1) is 11.5. The molecule has 0 unspecified atom stereocenters. The minimum atomic E-state index is -0.285. The predicted octanol–water partition coefficient (Wildman–Crippen LogP) is 2.92. The molecule has 0 amide bonds. The molecular weight excluding hydrogens is 249 g/mol. The summed E-state index contributed by atoms with van der Waals surface area (Å²) in [5.41, 5.74) is 9.60. The van der Waals surface area contributed by atoms with Crippen molar-refractivity contribution in [2.75, 3.05) is 5.73 Å². The van der Waals surface area contributed by atoms with Crippen molar-refractivity contribution in [3.63, 3.8) is 0 Å². The van der Waals surface area contributed by atoms with Gasteiger partial charge in [-0.1, -0.05) is 6.07 Å². The number of fused-ring (bicyclic) bond motifs is 1. The third-order valence-corrected chi connectivity index (χ3v) is 4.02. The second-order valence-electron chi connectivity index (χ2n) is 4.31. The zero-order chi connectivity index (χ0) is 12.7. The third kappa shape index (κ3) is 1.84. The van der Waals surface area contributed by atoms with E-state index in [0.717, 1.165) is 28.3 Å². The van der Waals surface area contributed by atoms with Crippen LogP contribution in [0.25, 0.3) is 11.4 Å². The van der Waals surface area contributed by atoms with E-state index in [1.807, 2.05) is 6.92 Å². The van der Waals surface area contributed by atoms with Crippen LogP contribution in [0.1, 0.15) is 16.8 Å². The lowest BCUT2D eigenvalue weighted by atomic mass is 10.1. The van der Waals surface area contributed by atoms with Gasteiger partial charge in [0.05, 0.1) is 5.69 Å². The molecule has 1 aliphatic rings. The van der Waals surface area contributed by atoms with E-state index in [-0.39, 0.29) is 5.82 Å². The first-order valence-corrected chi connectivity index (χ1v) is 6.80. The number of nitrogens with zero attached hydrogens (tertiary/aromatic N) is 2. The molecule has 2 heterocycles. The summed E-state index contributed by atoms with van der Waals surface area (Å²) in [5, 5.41) is 0. The molecule has 2 N–H and O–H groups in total. The Morgan fingerprint density at radius 3 is 2.94 bits per heavy atom. The Balaban J connectivity index is 2.18. The molecular formula is C13H12FN3S. The summed E-state index contributed by atoms with van der Waals surface area (Å²) in [7, 11) is 0. The lowest BCUT2D eigenvalue weighted by Crippen LogP contribution is -2.03. The van der Waals surface area contributed by atoms with Crippen molar-refractivity contribution in [3.05, 3.63) is 40.8 Å². The van der Waals surface area contributed by atoms with E-state index in [9.17, 15) is 4.39 Å². The monoisotopic (exact) mass is 261 g/mol. The number of anilines is 1. The van der Waals surface area contributed by atoms with E-state index in [1.165, 1.54) is 12.1 Å². The van der Waals surface area contributed by atoms with Crippen molar-refractivity contribution < 1.29 is 4.39 Å². The largest absolute Gasteiger partial charge is 0.383 e. The van der Waals surface area contributed by atoms with Gasteiger partial charge in [0.25, 0.3) is 0 Å². The number of halogens is 1. The van der Waals surface area contributed by atoms with Crippen LogP contribution >= 0.6 is 11.8 Å². The molecule has 18 heavy (non-hydrogen) atoms. The number of benzene rings is 1. The van der Waals surface area contributed by atoms with Crippen molar-refractivity contribution in [3.8, 4) is 11.4 Å². The average molecular weight is 261 g/mol. The molecule has 2 aromatic rings. The summed E-state index contributed by atoms with van der Waals surface area (Å²) in [6, 6.07) is 4.62.